The first-order chi connectivity index (χ1) is 7.08. The van der Waals surface area contributed by atoms with Gasteiger partial charge < -0.3 is 9.30 Å². The summed E-state index contributed by atoms with van der Waals surface area (Å²) in [5.74, 6) is 0. The molecule has 82 valence electrons. The summed E-state index contributed by atoms with van der Waals surface area (Å²) in [6.07, 6.45) is 1.94. The van der Waals surface area contributed by atoms with Crippen LogP contribution in [0.5, 0.6) is 0 Å². The highest BCUT2D eigenvalue weighted by atomic mass is 16.5. The predicted molar refractivity (Wildman–Crippen MR) is 58.4 cm³/mol. The van der Waals surface area contributed by atoms with Gasteiger partial charge >= 0.3 is 0 Å². The molecular formula is C12H17NO2. The summed E-state index contributed by atoms with van der Waals surface area (Å²) in [6, 6.07) is 1.95. The summed E-state index contributed by atoms with van der Waals surface area (Å²) < 4.78 is 7.70. The first kappa shape index (κ1) is 10.4. The van der Waals surface area contributed by atoms with Crippen LogP contribution in [0, 0.1) is 13.8 Å². The fourth-order valence-electron chi connectivity index (χ4n) is 2.57. The fourth-order valence-corrected chi connectivity index (χ4v) is 2.57. The highest BCUT2D eigenvalue weighted by molar-refractivity contribution is 5.77. The van der Waals surface area contributed by atoms with Gasteiger partial charge in [-0.2, -0.15) is 0 Å². The Morgan fingerprint density at radius 1 is 1.53 bits per heavy atom. The predicted octanol–water partition coefficient (Wildman–Crippen LogP) is 2.05. The van der Waals surface area contributed by atoms with E-state index in [0.717, 1.165) is 42.9 Å². The quantitative estimate of drug-likeness (QED) is 0.695. The van der Waals surface area contributed by atoms with Crippen molar-refractivity contribution < 1.29 is 9.53 Å². The lowest BCUT2D eigenvalue weighted by Gasteiger charge is -2.28. The van der Waals surface area contributed by atoms with Gasteiger partial charge in [-0.3, -0.25) is 4.79 Å². The van der Waals surface area contributed by atoms with E-state index in [1.54, 1.807) is 0 Å². The van der Waals surface area contributed by atoms with Gasteiger partial charge in [0.25, 0.3) is 0 Å². The number of rotatable bonds is 2. The molecule has 3 heteroatoms. The fraction of sp³-hybridized carbons (Fsp3) is 0.583. The van der Waals surface area contributed by atoms with E-state index in [0.29, 0.717) is 0 Å². The first-order valence-corrected chi connectivity index (χ1v) is 5.31. The normalized spacial score (nSPS) is 25.8. The standard InChI is InChI=1S/C12H17NO2/c1-9-6-11(7-14)10(2)13(9)12(3)4-5-15-8-12/h6-7H,4-5,8H2,1-3H3. The second-order valence-corrected chi connectivity index (χ2v) is 4.58. The molecule has 1 unspecified atom stereocenters. The summed E-state index contributed by atoms with van der Waals surface area (Å²) in [5, 5.41) is 0. The van der Waals surface area contributed by atoms with Crippen molar-refractivity contribution in [2.75, 3.05) is 13.2 Å². The minimum atomic E-state index is 0.0232. The molecule has 0 N–H and O–H groups in total. The Bertz CT molecular complexity index is 387. The van der Waals surface area contributed by atoms with E-state index in [4.69, 9.17) is 4.74 Å². The van der Waals surface area contributed by atoms with Gasteiger partial charge in [0.15, 0.2) is 6.29 Å². The number of nitrogens with zero attached hydrogens (tertiary/aromatic N) is 1. The van der Waals surface area contributed by atoms with Crippen molar-refractivity contribution in [3.8, 4) is 0 Å². The number of hydrogen-bond acceptors (Lipinski definition) is 2. The number of ether oxygens (including phenoxy) is 1. The highest BCUT2D eigenvalue weighted by Crippen LogP contribution is 2.31. The van der Waals surface area contributed by atoms with Crippen molar-refractivity contribution >= 4 is 6.29 Å². The van der Waals surface area contributed by atoms with Crippen LogP contribution in [0.3, 0.4) is 0 Å². The molecule has 1 aromatic rings. The maximum Gasteiger partial charge on any atom is 0.151 e. The molecule has 0 spiro atoms. The van der Waals surface area contributed by atoms with Gasteiger partial charge in [-0.05, 0) is 33.3 Å². The van der Waals surface area contributed by atoms with Crippen LogP contribution >= 0.6 is 0 Å². The van der Waals surface area contributed by atoms with Gasteiger partial charge in [-0.15, -0.1) is 0 Å². The van der Waals surface area contributed by atoms with Crippen LogP contribution in [-0.2, 0) is 10.3 Å². The molecular weight excluding hydrogens is 190 g/mol. The smallest absolute Gasteiger partial charge is 0.151 e. The minimum absolute atomic E-state index is 0.0232. The van der Waals surface area contributed by atoms with Crippen LogP contribution in [-0.4, -0.2) is 24.1 Å². The molecule has 2 rings (SSSR count). The molecule has 0 radical (unpaired) electrons. The molecule has 1 aliphatic heterocycles. The van der Waals surface area contributed by atoms with E-state index in [1.165, 1.54) is 0 Å². The second-order valence-electron chi connectivity index (χ2n) is 4.58. The van der Waals surface area contributed by atoms with E-state index in [9.17, 15) is 4.79 Å². The monoisotopic (exact) mass is 207 g/mol. The second kappa shape index (κ2) is 3.49. The van der Waals surface area contributed by atoms with Gasteiger partial charge in [0, 0.05) is 23.6 Å². The molecule has 0 aromatic carbocycles. The van der Waals surface area contributed by atoms with Crippen molar-refractivity contribution in [2.45, 2.75) is 32.7 Å². The number of aromatic nitrogens is 1. The summed E-state index contributed by atoms with van der Waals surface area (Å²) in [4.78, 5) is 10.9. The lowest BCUT2D eigenvalue weighted by atomic mass is 10.0. The van der Waals surface area contributed by atoms with Crippen molar-refractivity contribution in [3.05, 3.63) is 23.0 Å². The molecule has 1 aromatic heterocycles. The number of carbonyl (C=O) groups excluding carboxylic acids is 1. The first-order valence-electron chi connectivity index (χ1n) is 5.31. The average Bonchev–Trinajstić information content (AvgIpc) is 2.72. The molecule has 1 saturated heterocycles. The largest absolute Gasteiger partial charge is 0.379 e. The third-order valence-corrected chi connectivity index (χ3v) is 3.34. The summed E-state index contributed by atoms with van der Waals surface area (Å²) in [5.41, 5.74) is 3.01. The van der Waals surface area contributed by atoms with Crippen molar-refractivity contribution in [1.82, 2.24) is 4.57 Å². The van der Waals surface area contributed by atoms with Crippen LogP contribution in [0.2, 0.25) is 0 Å². The maximum atomic E-state index is 10.9. The number of aryl methyl sites for hydroxylation is 1. The Kier molecular flexibility index (Phi) is 2.43. The molecule has 2 heterocycles. The topological polar surface area (TPSA) is 31.2 Å². The minimum Gasteiger partial charge on any atom is -0.379 e. The lowest BCUT2D eigenvalue weighted by molar-refractivity contribution is 0.112. The summed E-state index contributed by atoms with van der Waals surface area (Å²) >= 11 is 0. The molecule has 0 aliphatic carbocycles. The Labute approximate surface area is 90.0 Å². The van der Waals surface area contributed by atoms with Gasteiger partial charge in [0.2, 0.25) is 0 Å². The Morgan fingerprint density at radius 2 is 2.27 bits per heavy atom. The van der Waals surface area contributed by atoms with E-state index in [-0.39, 0.29) is 5.54 Å². The third kappa shape index (κ3) is 1.51. The van der Waals surface area contributed by atoms with Crippen LogP contribution in [0.1, 0.15) is 35.1 Å². The Balaban J connectivity index is 2.51. The SMILES string of the molecule is Cc1cc(C=O)c(C)n1C1(C)CCOC1. The molecule has 1 fully saturated rings. The zero-order valence-corrected chi connectivity index (χ0v) is 9.54. The molecule has 0 bridgehead atoms. The average molecular weight is 207 g/mol. The molecule has 15 heavy (non-hydrogen) atoms. The number of hydrogen-bond donors (Lipinski definition) is 0. The van der Waals surface area contributed by atoms with Gasteiger partial charge in [0.05, 0.1) is 12.1 Å². The van der Waals surface area contributed by atoms with Crippen LogP contribution in [0.15, 0.2) is 6.07 Å². The molecule has 0 amide bonds. The zero-order chi connectivity index (χ0) is 11.1. The van der Waals surface area contributed by atoms with Crippen molar-refractivity contribution in [3.63, 3.8) is 0 Å². The van der Waals surface area contributed by atoms with Crippen LogP contribution < -0.4 is 0 Å². The van der Waals surface area contributed by atoms with Gasteiger partial charge in [0.1, 0.15) is 0 Å². The van der Waals surface area contributed by atoms with E-state index < -0.39 is 0 Å². The van der Waals surface area contributed by atoms with Crippen molar-refractivity contribution in [2.24, 2.45) is 0 Å². The Morgan fingerprint density at radius 3 is 2.73 bits per heavy atom. The van der Waals surface area contributed by atoms with Gasteiger partial charge in [-0.1, -0.05) is 0 Å². The third-order valence-electron chi connectivity index (χ3n) is 3.34. The van der Waals surface area contributed by atoms with Gasteiger partial charge in [-0.25, -0.2) is 0 Å². The molecule has 3 nitrogen and oxygen atoms in total. The van der Waals surface area contributed by atoms with E-state index in [1.807, 2.05) is 19.9 Å². The highest BCUT2D eigenvalue weighted by Gasteiger charge is 2.33. The molecule has 0 saturated carbocycles. The summed E-state index contributed by atoms with van der Waals surface area (Å²) in [6.45, 7) is 7.78. The zero-order valence-electron chi connectivity index (χ0n) is 9.54. The van der Waals surface area contributed by atoms with E-state index in [2.05, 4.69) is 11.5 Å². The van der Waals surface area contributed by atoms with Crippen molar-refractivity contribution in [1.29, 1.82) is 0 Å². The van der Waals surface area contributed by atoms with E-state index >= 15 is 0 Å². The Hall–Kier alpha value is -1.09. The molecule has 1 atom stereocenters. The molecule has 1 aliphatic rings. The number of aldehydes is 1. The van der Waals surface area contributed by atoms with Crippen LogP contribution in [0.4, 0.5) is 0 Å². The maximum absolute atomic E-state index is 10.9. The number of carbonyl (C=O) groups is 1. The van der Waals surface area contributed by atoms with Crippen LogP contribution in [0.25, 0.3) is 0 Å². The lowest BCUT2D eigenvalue weighted by Crippen LogP contribution is -2.32. The summed E-state index contributed by atoms with van der Waals surface area (Å²) in [7, 11) is 0.